The summed E-state index contributed by atoms with van der Waals surface area (Å²) >= 11 is 1.11. The Bertz CT molecular complexity index is 586. The van der Waals surface area contributed by atoms with E-state index in [2.05, 4.69) is 0 Å². The van der Waals surface area contributed by atoms with Gasteiger partial charge in [0.25, 0.3) is 0 Å². The van der Waals surface area contributed by atoms with Gasteiger partial charge in [-0.2, -0.15) is 0 Å². The van der Waals surface area contributed by atoms with Crippen molar-refractivity contribution in [2.24, 2.45) is 0 Å². The fourth-order valence-electron chi connectivity index (χ4n) is 1.51. The highest BCUT2D eigenvalue weighted by atomic mass is 32.2. The van der Waals surface area contributed by atoms with Crippen LogP contribution in [-0.2, 0) is 14.3 Å². The van der Waals surface area contributed by atoms with Crippen molar-refractivity contribution < 1.29 is 19.1 Å². The highest BCUT2D eigenvalue weighted by molar-refractivity contribution is 8.14. The zero-order valence-electron chi connectivity index (χ0n) is 13.2. The summed E-state index contributed by atoms with van der Waals surface area (Å²) in [6.45, 7) is 2.07. The Labute approximate surface area is 140 Å². The van der Waals surface area contributed by atoms with Crippen LogP contribution in [0, 0.1) is 0 Å². The molecule has 0 saturated heterocycles. The van der Waals surface area contributed by atoms with Crippen LogP contribution < -0.4 is 4.74 Å². The summed E-state index contributed by atoms with van der Waals surface area (Å²) in [5.74, 6) is 0.759. The number of hydrogen-bond donors (Lipinski definition) is 0. The molecule has 1 rings (SSSR count). The molecule has 4 nitrogen and oxygen atoms in total. The van der Waals surface area contributed by atoms with Crippen LogP contribution in [0.3, 0.4) is 0 Å². The summed E-state index contributed by atoms with van der Waals surface area (Å²) in [4.78, 5) is 22.9. The van der Waals surface area contributed by atoms with Crippen molar-refractivity contribution in [1.82, 2.24) is 0 Å². The molecule has 0 aliphatic carbocycles. The van der Waals surface area contributed by atoms with Gasteiger partial charge in [0, 0.05) is 11.8 Å². The molecule has 0 N–H and O–H groups in total. The molecule has 0 aromatic heterocycles. The average molecular weight is 332 g/mol. The normalized spacial score (nSPS) is 11.4. The van der Waals surface area contributed by atoms with Gasteiger partial charge in [0.05, 0.1) is 7.11 Å². The number of carbonyl (C=O) groups excluding carboxylic acids is 2. The minimum absolute atomic E-state index is 0.0621. The molecule has 0 atom stereocenters. The Morgan fingerprint density at radius 1 is 1.13 bits per heavy atom. The number of methoxy groups -OCH3 is 1. The van der Waals surface area contributed by atoms with Crippen LogP contribution in [-0.4, -0.2) is 30.6 Å². The second-order valence-electron chi connectivity index (χ2n) is 4.33. The minimum atomic E-state index is -0.432. The van der Waals surface area contributed by atoms with Crippen molar-refractivity contribution in [3.05, 3.63) is 60.2 Å². The molecule has 0 heterocycles. The van der Waals surface area contributed by atoms with Crippen molar-refractivity contribution in [3.8, 4) is 5.75 Å². The zero-order chi connectivity index (χ0) is 16.9. The summed E-state index contributed by atoms with van der Waals surface area (Å²) in [7, 11) is 1.60. The lowest BCUT2D eigenvalue weighted by Gasteiger charge is -2.01. The van der Waals surface area contributed by atoms with Crippen LogP contribution >= 0.6 is 11.8 Å². The van der Waals surface area contributed by atoms with Crippen molar-refractivity contribution in [2.45, 2.75) is 6.92 Å². The molecule has 122 valence electrons. The van der Waals surface area contributed by atoms with Crippen LogP contribution in [0.1, 0.15) is 12.5 Å². The molecule has 0 saturated carbocycles. The van der Waals surface area contributed by atoms with E-state index in [4.69, 9.17) is 9.47 Å². The summed E-state index contributed by atoms with van der Waals surface area (Å²) < 4.78 is 10.1. The Hall–Kier alpha value is -2.27. The molecule has 0 bridgehead atoms. The van der Waals surface area contributed by atoms with E-state index in [1.165, 1.54) is 12.2 Å². The van der Waals surface area contributed by atoms with Gasteiger partial charge in [-0.3, -0.25) is 4.79 Å². The highest BCUT2D eigenvalue weighted by Gasteiger charge is 2.00. The molecule has 5 heteroatoms. The Kier molecular flexibility index (Phi) is 9.24. The fraction of sp³-hybridized carbons (Fsp3) is 0.222. The van der Waals surface area contributed by atoms with E-state index in [1.807, 2.05) is 37.3 Å². The third kappa shape index (κ3) is 8.68. The standard InChI is InChI=1S/C18H20O4S/c1-3-4-5-6-18(20)23-14-13-22-17(19)12-9-15-7-10-16(21-2)11-8-15/h3-12H,13-14H2,1-2H3/b4-3+,6-5+,12-9+. The predicted molar refractivity (Wildman–Crippen MR) is 94.4 cm³/mol. The maximum absolute atomic E-state index is 11.5. The van der Waals surface area contributed by atoms with E-state index >= 15 is 0 Å². The van der Waals surface area contributed by atoms with Crippen LogP contribution in [0.15, 0.2) is 54.6 Å². The number of benzene rings is 1. The number of rotatable bonds is 8. The van der Waals surface area contributed by atoms with E-state index in [1.54, 1.807) is 25.3 Å². The monoisotopic (exact) mass is 332 g/mol. The van der Waals surface area contributed by atoms with Crippen LogP contribution in [0.2, 0.25) is 0 Å². The Balaban J connectivity index is 2.25. The smallest absolute Gasteiger partial charge is 0.330 e. The lowest BCUT2D eigenvalue weighted by Crippen LogP contribution is -2.05. The number of esters is 1. The Morgan fingerprint density at radius 2 is 1.87 bits per heavy atom. The van der Waals surface area contributed by atoms with Crippen molar-refractivity contribution in [1.29, 1.82) is 0 Å². The lowest BCUT2D eigenvalue weighted by atomic mass is 10.2. The fourth-order valence-corrected chi connectivity index (χ4v) is 2.05. The third-order valence-corrected chi connectivity index (χ3v) is 3.43. The van der Waals surface area contributed by atoms with Crippen LogP contribution in [0.25, 0.3) is 6.08 Å². The number of hydrogen-bond acceptors (Lipinski definition) is 5. The van der Waals surface area contributed by atoms with Gasteiger partial charge >= 0.3 is 5.97 Å². The highest BCUT2D eigenvalue weighted by Crippen LogP contribution is 2.12. The molecule has 0 radical (unpaired) electrons. The van der Waals surface area contributed by atoms with E-state index in [9.17, 15) is 9.59 Å². The Morgan fingerprint density at radius 3 is 2.52 bits per heavy atom. The predicted octanol–water partition coefficient (Wildman–Crippen LogP) is 3.64. The first-order valence-corrected chi connectivity index (χ1v) is 8.09. The average Bonchev–Trinajstić information content (AvgIpc) is 2.57. The van der Waals surface area contributed by atoms with Gasteiger partial charge in [-0.25, -0.2) is 4.79 Å². The molecule has 0 aliphatic rings. The van der Waals surface area contributed by atoms with Gasteiger partial charge in [-0.15, -0.1) is 0 Å². The summed E-state index contributed by atoms with van der Waals surface area (Å²) in [5.41, 5.74) is 0.876. The number of carbonyl (C=O) groups is 2. The summed E-state index contributed by atoms with van der Waals surface area (Å²) in [6.07, 6.45) is 9.81. The third-order valence-electron chi connectivity index (χ3n) is 2.64. The molecule has 0 aliphatic heterocycles. The lowest BCUT2D eigenvalue weighted by molar-refractivity contribution is -0.137. The molecular formula is C18H20O4S. The van der Waals surface area contributed by atoms with E-state index in [0.717, 1.165) is 23.1 Å². The molecule has 0 unspecified atom stereocenters. The first-order chi connectivity index (χ1) is 11.2. The van der Waals surface area contributed by atoms with Gasteiger partial charge in [0.2, 0.25) is 5.12 Å². The molecule has 23 heavy (non-hydrogen) atoms. The van der Waals surface area contributed by atoms with Crippen LogP contribution in [0.5, 0.6) is 5.75 Å². The largest absolute Gasteiger partial charge is 0.497 e. The molecular weight excluding hydrogens is 312 g/mol. The second kappa shape index (κ2) is 11.3. The van der Waals surface area contributed by atoms with Gasteiger partial charge < -0.3 is 9.47 Å². The number of allylic oxidation sites excluding steroid dienone is 3. The minimum Gasteiger partial charge on any atom is -0.497 e. The van der Waals surface area contributed by atoms with Gasteiger partial charge in [-0.05, 0) is 36.8 Å². The molecule has 1 aromatic rings. The first kappa shape index (κ1) is 18.8. The molecule has 1 aromatic carbocycles. The van der Waals surface area contributed by atoms with Crippen molar-refractivity contribution >= 4 is 28.9 Å². The second-order valence-corrected chi connectivity index (χ2v) is 5.43. The van der Waals surface area contributed by atoms with Gasteiger partial charge in [0.15, 0.2) is 0 Å². The van der Waals surface area contributed by atoms with E-state index in [0.29, 0.717) is 5.75 Å². The zero-order valence-corrected chi connectivity index (χ0v) is 14.0. The summed E-state index contributed by atoms with van der Waals surface area (Å²) in [5, 5.41) is -0.0621. The maximum atomic E-state index is 11.5. The van der Waals surface area contributed by atoms with Crippen LogP contribution in [0.4, 0.5) is 0 Å². The van der Waals surface area contributed by atoms with E-state index in [-0.39, 0.29) is 11.7 Å². The first-order valence-electron chi connectivity index (χ1n) is 7.10. The molecule has 0 spiro atoms. The number of thioether (sulfide) groups is 1. The molecule has 0 fully saturated rings. The maximum Gasteiger partial charge on any atom is 0.330 e. The topological polar surface area (TPSA) is 52.6 Å². The van der Waals surface area contributed by atoms with Crippen molar-refractivity contribution in [2.75, 3.05) is 19.5 Å². The SMILES string of the molecule is C/C=C/C=C/C(=O)SCCOC(=O)/C=C/c1ccc(OC)cc1. The van der Waals surface area contributed by atoms with Crippen molar-refractivity contribution in [3.63, 3.8) is 0 Å². The summed E-state index contributed by atoms with van der Waals surface area (Å²) in [6, 6.07) is 7.31. The van der Waals surface area contributed by atoms with Gasteiger partial charge in [0.1, 0.15) is 12.4 Å². The molecule has 0 amide bonds. The van der Waals surface area contributed by atoms with Gasteiger partial charge in [-0.1, -0.05) is 42.1 Å². The van der Waals surface area contributed by atoms with E-state index < -0.39 is 5.97 Å². The number of ether oxygens (including phenoxy) is 2. The quantitative estimate of drug-likeness (QED) is 0.315.